The summed E-state index contributed by atoms with van der Waals surface area (Å²) >= 11 is 5.49. The predicted octanol–water partition coefficient (Wildman–Crippen LogP) is 5.58. The van der Waals surface area contributed by atoms with Gasteiger partial charge in [-0.2, -0.15) is 4.57 Å². The zero-order chi connectivity index (χ0) is 15.8. The van der Waals surface area contributed by atoms with Crippen molar-refractivity contribution in [3.63, 3.8) is 0 Å². The molecule has 0 atom stereocenters. The van der Waals surface area contributed by atoms with E-state index in [9.17, 15) is 0 Å². The van der Waals surface area contributed by atoms with Crippen molar-refractivity contribution in [2.45, 2.75) is 25.0 Å². The van der Waals surface area contributed by atoms with E-state index >= 15 is 0 Å². The molecular formula is C19H19Br2N2S+. The first kappa shape index (κ1) is 17.8. The molecule has 0 unspecified atom stereocenters. The van der Waals surface area contributed by atoms with Gasteiger partial charge >= 0.3 is 5.16 Å². The molecule has 24 heavy (non-hydrogen) atoms. The van der Waals surface area contributed by atoms with Crippen LogP contribution < -0.4 is 4.57 Å². The third-order valence-electron chi connectivity index (χ3n) is 4.23. The fraction of sp³-hybridized carbons (Fsp3) is 0.211. The maximum atomic E-state index is 3.53. The first-order chi connectivity index (χ1) is 11.2. The highest BCUT2D eigenvalue weighted by Crippen LogP contribution is 2.32. The van der Waals surface area contributed by atoms with Gasteiger partial charge in [-0.1, -0.05) is 34.1 Å². The summed E-state index contributed by atoms with van der Waals surface area (Å²) < 4.78 is 5.93. The molecule has 2 nitrogen and oxygen atoms in total. The van der Waals surface area contributed by atoms with Crippen molar-refractivity contribution in [2.75, 3.05) is 5.75 Å². The number of hydrogen-bond donors (Lipinski definition) is 0. The Kier molecular flexibility index (Phi) is 5.52. The normalized spacial score (nSPS) is 13.2. The molecule has 0 N–H and O–H groups in total. The SMILES string of the molecule is Br.Cc1ccccc1-n1c(-c2ccc(Br)cc2)c[n+]2c1SCCC2. The minimum absolute atomic E-state index is 0. The number of para-hydroxylation sites is 1. The zero-order valence-corrected chi connectivity index (χ0v) is 17.5. The lowest BCUT2D eigenvalue weighted by molar-refractivity contribution is -0.734. The molecular weight excluding hydrogens is 448 g/mol. The van der Waals surface area contributed by atoms with Crippen LogP contribution in [-0.2, 0) is 6.54 Å². The Bertz CT molecular complexity index is 856. The van der Waals surface area contributed by atoms with Crippen LogP contribution >= 0.6 is 44.7 Å². The third kappa shape index (κ3) is 3.22. The lowest BCUT2D eigenvalue weighted by Crippen LogP contribution is -2.37. The molecule has 0 fully saturated rings. The Morgan fingerprint density at radius 3 is 2.58 bits per heavy atom. The van der Waals surface area contributed by atoms with Gasteiger partial charge in [0.05, 0.1) is 6.54 Å². The zero-order valence-electron chi connectivity index (χ0n) is 13.4. The van der Waals surface area contributed by atoms with Gasteiger partial charge in [-0.25, -0.2) is 4.57 Å². The number of halogens is 2. The number of thioether (sulfide) groups is 1. The van der Waals surface area contributed by atoms with Crippen LogP contribution in [0.4, 0.5) is 0 Å². The van der Waals surface area contributed by atoms with Crippen LogP contribution in [0.15, 0.2) is 64.4 Å². The van der Waals surface area contributed by atoms with Gasteiger partial charge in [-0.3, -0.25) is 0 Å². The number of fused-ring (bicyclic) bond motifs is 1. The van der Waals surface area contributed by atoms with Gasteiger partial charge in [0.15, 0.2) is 5.69 Å². The van der Waals surface area contributed by atoms with Crippen LogP contribution in [0.2, 0.25) is 0 Å². The molecule has 2 heterocycles. The summed E-state index contributed by atoms with van der Waals surface area (Å²) in [6.45, 7) is 3.29. The molecule has 3 aromatic rings. The first-order valence-electron chi connectivity index (χ1n) is 7.84. The van der Waals surface area contributed by atoms with Gasteiger partial charge in [-0.05, 0) is 61.0 Å². The smallest absolute Gasteiger partial charge is 0.224 e. The second-order valence-corrected chi connectivity index (χ2v) is 7.80. The summed E-state index contributed by atoms with van der Waals surface area (Å²) in [5.74, 6) is 1.19. The van der Waals surface area contributed by atoms with Gasteiger partial charge in [0.1, 0.15) is 11.9 Å². The number of benzene rings is 2. The molecule has 0 bridgehead atoms. The highest BCUT2D eigenvalue weighted by atomic mass is 79.9. The van der Waals surface area contributed by atoms with Crippen LogP contribution in [0.3, 0.4) is 0 Å². The predicted molar refractivity (Wildman–Crippen MR) is 110 cm³/mol. The third-order valence-corrected chi connectivity index (χ3v) is 5.92. The van der Waals surface area contributed by atoms with Gasteiger partial charge in [0, 0.05) is 15.8 Å². The molecule has 4 rings (SSSR count). The largest absolute Gasteiger partial charge is 0.323 e. The van der Waals surface area contributed by atoms with Gasteiger partial charge < -0.3 is 0 Å². The number of imidazole rings is 1. The van der Waals surface area contributed by atoms with Crippen molar-refractivity contribution in [1.29, 1.82) is 0 Å². The summed E-state index contributed by atoms with van der Waals surface area (Å²) in [5, 5.41) is 1.34. The summed E-state index contributed by atoms with van der Waals surface area (Å²) in [4.78, 5) is 0. The molecule has 1 aliphatic heterocycles. The minimum atomic E-state index is 0. The summed E-state index contributed by atoms with van der Waals surface area (Å²) in [7, 11) is 0. The number of nitrogens with zero attached hydrogens (tertiary/aromatic N) is 2. The maximum Gasteiger partial charge on any atom is 0.323 e. The van der Waals surface area contributed by atoms with Crippen molar-refractivity contribution in [2.24, 2.45) is 0 Å². The van der Waals surface area contributed by atoms with Crippen molar-refractivity contribution >= 4 is 44.7 Å². The first-order valence-corrected chi connectivity index (χ1v) is 9.62. The van der Waals surface area contributed by atoms with E-state index in [1.54, 1.807) is 0 Å². The van der Waals surface area contributed by atoms with Crippen LogP contribution in [-0.4, -0.2) is 10.3 Å². The summed E-state index contributed by atoms with van der Waals surface area (Å²) in [6.07, 6.45) is 3.54. The minimum Gasteiger partial charge on any atom is -0.224 e. The molecule has 2 aromatic carbocycles. The van der Waals surface area contributed by atoms with Crippen molar-refractivity contribution in [3.05, 3.63) is 64.8 Å². The van der Waals surface area contributed by atoms with E-state index in [4.69, 9.17) is 0 Å². The molecule has 1 aliphatic rings. The molecule has 0 spiro atoms. The Hall–Kier alpha value is -1.04. The molecule has 0 amide bonds. The fourth-order valence-electron chi connectivity index (χ4n) is 3.07. The van der Waals surface area contributed by atoms with Gasteiger partial charge in [0.25, 0.3) is 0 Å². The quantitative estimate of drug-likeness (QED) is 0.448. The van der Waals surface area contributed by atoms with Gasteiger partial charge in [0.2, 0.25) is 0 Å². The number of hydrogen-bond acceptors (Lipinski definition) is 1. The highest BCUT2D eigenvalue weighted by molar-refractivity contribution is 9.10. The molecule has 0 saturated carbocycles. The molecule has 0 radical (unpaired) electrons. The van der Waals surface area contributed by atoms with E-state index in [1.807, 2.05) is 11.8 Å². The summed E-state index contributed by atoms with van der Waals surface area (Å²) in [5.41, 5.74) is 5.08. The molecule has 124 valence electrons. The van der Waals surface area contributed by atoms with E-state index in [1.165, 1.54) is 39.8 Å². The molecule has 5 heteroatoms. The number of rotatable bonds is 2. The lowest BCUT2D eigenvalue weighted by atomic mass is 10.1. The van der Waals surface area contributed by atoms with E-state index in [0.717, 1.165) is 11.0 Å². The maximum absolute atomic E-state index is 3.53. The van der Waals surface area contributed by atoms with E-state index in [2.05, 4.69) is 86.7 Å². The molecule has 1 aromatic heterocycles. The second-order valence-electron chi connectivity index (χ2n) is 5.82. The Morgan fingerprint density at radius 2 is 1.83 bits per heavy atom. The van der Waals surface area contributed by atoms with E-state index in [0.29, 0.717) is 0 Å². The highest BCUT2D eigenvalue weighted by Gasteiger charge is 2.29. The van der Waals surface area contributed by atoms with Crippen LogP contribution in [0.25, 0.3) is 16.9 Å². The van der Waals surface area contributed by atoms with E-state index in [-0.39, 0.29) is 17.0 Å². The van der Waals surface area contributed by atoms with Crippen molar-refractivity contribution in [1.82, 2.24) is 4.57 Å². The lowest BCUT2D eigenvalue weighted by Gasteiger charge is -2.11. The number of aromatic nitrogens is 2. The average molecular weight is 467 g/mol. The Morgan fingerprint density at radius 1 is 1.08 bits per heavy atom. The monoisotopic (exact) mass is 465 g/mol. The Balaban J connectivity index is 0.00000169. The Labute approximate surface area is 165 Å². The second kappa shape index (κ2) is 7.46. The van der Waals surface area contributed by atoms with Gasteiger partial charge in [-0.15, -0.1) is 17.0 Å². The van der Waals surface area contributed by atoms with Crippen molar-refractivity contribution in [3.8, 4) is 16.9 Å². The standard InChI is InChI=1S/C19H18BrN2S.BrH/c1-14-5-2-3-6-17(14)22-18(15-7-9-16(20)10-8-15)13-21-11-4-12-23-19(21)22;/h2-3,5-10,13H,4,11-12H2,1H3;1H/q+1;. The van der Waals surface area contributed by atoms with Crippen LogP contribution in [0.5, 0.6) is 0 Å². The topological polar surface area (TPSA) is 8.81 Å². The summed E-state index contributed by atoms with van der Waals surface area (Å²) in [6, 6.07) is 17.2. The average Bonchev–Trinajstić information content (AvgIpc) is 2.95. The van der Waals surface area contributed by atoms with E-state index < -0.39 is 0 Å². The van der Waals surface area contributed by atoms with Crippen molar-refractivity contribution < 1.29 is 4.57 Å². The van der Waals surface area contributed by atoms with Crippen LogP contribution in [0, 0.1) is 6.92 Å². The molecule has 0 saturated heterocycles. The number of aryl methyl sites for hydroxylation is 2. The fourth-order valence-corrected chi connectivity index (χ4v) is 4.43. The van der Waals surface area contributed by atoms with Crippen LogP contribution in [0.1, 0.15) is 12.0 Å². The molecule has 0 aliphatic carbocycles.